The molecular formula is C26H13N3S2. The van der Waals surface area contributed by atoms with E-state index in [0.717, 1.165) is 11.0 Å². The van der Waals surface area contributed by atoms with Gasteiger partial charge in [0.15, 0.2) is 0 Å². The summed E-state index contributed by atoms with van der Waals surface area (Å²) in [6, 6.07) is 19.7. The molecule has 0 aliphatic rings. The van der Waals surface area contributed by atoms with Gasteiger partial charge in [-0.1, -0.05) is 36.4 Å². The molecule has 0 aliphatic carbocycles. The van der Waals surface area contributed by atoms with E-state index < -0.39 is 0 Å². The van der Waals surface area contributed by atoms with E-state index in [-0.39, 0.29) is 0 Å². The van der Waals surface area contributed by atoms with Gasteiger partial charge >= 0.3 is 0 Å². The number of thiophene rings is 2. The number of hydrogen-bond donors (Lipinski definition) is 0. The minimum absolute atomic E-state index is 0.967. The molecule has 8 aromatic rings. The third-order valence-electron chi connectivity index (χ3n) is 6.33. The van der Waals surface area contributed by atoms with Crippen LogP contribution in [0.3, 0.4) is 0 Å². The maximum Gasteiger partial charge on any atom is 0.146 e. The lowest BCUT2D eigenvalue weighted by Crippen LogP contribution is -1.92. The molecule has 0 aliphatic heterocycles. The van der Waals surface area contributed by atoms with Gasteiger partial charge in [0.25, 0.3) is 0 Å². The Labute approximate surface area is 183 Å². The average Bonchev–Trinajstić information content (AvgIpc) is 3.53. The third-order valence-corrected chi connectivity index (χ3v) is 8.70. The highest BCUT2D eigenvalue weighted by atomic mass is 32.1. The Hall–Kier alpha value is -3.54. The van der Waals surface area contributed by atoms with Crippen molar-refractivity contribution >= 4 is 90.3 Å². The van der Waals surface area contributed by atoms with Gasteiger partial charge in [-0.2, -0.15) is 0 Å². The minimum Gasteiger partial charge on any atom is -0.298 e. The van der Waals surface area contributed by atoms with Crippen LogP contribution in [0.5, 0.6) is 0 Å². The number of imidazole rings is 1. The first-order chi connectivity index (χ1) is 15.4. The minimum atomic E-state index is 0.967. The maximum absolute atomic E-state index is 4.71. The van der Waals surface area contributed by atoms with E-state index in [1.165, 1.54) is 56.6 Å². The molecule has 144 valence electrons. The summed E-state index contributed by atoms with van der Waals surface area (Å²) < 4.78 is 7.59. The quantitative estimate of drug-likeness (QED) is 0.230. The highest BCUT2D eigenvalue weighted by Gasteiger charge is 2.22. The van der Waals surface area contributed by atoms with Gasteiger partial charge in [0, 0.05) is 71.2 Å². The van der Waals surface area contributed by atoms with Gasteiger partial charge in [0.1, 0.15) is 5.65 Å². The molecule has 0 atom stereocenters. The lowest BCUT2D eigenvalue weighted by molar-refractivity contribution is 1.27. The van der Waals surface area contributed by atoms with E-state index in [4.69, 9.17) is 4.98 Å². The topological polar surface area (TPSA) is 30.2 Å². The molecule has 0 fully saturated rings. The van der Waals surface area contributed by atoms with Crippen molar-refractivity contribution in [3.8, 4) is 0 Å². The SMILES string of the molecule is c1ccc2c(c1)sc1c2c2c3ccccc3sc2c2c1c1ccncc1c1nccn12. The molecule has 8 rings (SSSR count). The predicted molar refractivity (Wildman–Crippen MR) is 134 cm³/mol. The highest BCUT2D eigenvalue weighted by Crippen LogP contribution is 2.50. The molecule has 0 bridgehead atoms. The molecule has 5 heterocycles. The monoisotopic (exact) mass is 431 g/mol. The van der Waals surface area contributed by atoms with Gasteiger partial charge in [-0.15, -0.1) is 22.7 Å². The Morgan fingerprint density at radius 1 is 0.645 bits per heavy atom. The highest BCUT2D eigenvalue weighted by molar-refractivity contribution is 7.29. The standard InChI is InChI=1S/C26H13N3S2/c1-3-7-18-15(5-1)20-21-16-6-2-4-8-19(16)31-25(21)23-22(24(20)30-18)14-9-10-27-13-17(14)26-28-11-12-29(23)26/h1-13H. The van der Waals surface area contributed by atoms with Crippen molar-refractivity contribution in [2.24, 2.45) is 0 Å². The molecule has 0 spiro atoms. The number of rotatable bonds is 0. The Morgan fingerprint density at radius 2 is 1.35 bits per heavy atom. The van der Waals surface area contributed by atoms with E-state index in [2.05, 4.69) is 70.2 Å². The second kappa shape index (κ2) is 5.58. The largest absolute Gasteiger partial charge is 0.298 e. The second-order valence-electron chi connectivity index (χ2n) is 7.87. The fraction of sp³-hybridized carbons (Fsp3) is 0. The number of fused-ring (bicyclic) bond motifs is 15. The summed E-state index contributed by atoms with van der Waals surface area (Å²) in [6.45, 7) is 0. The van der Waals surface area contributed by atoms with Crippen molar-refractivity contribution in [1.29, 1.82) is 0 Å². The normalized spacial score (nSPS) is 12.5. The van der Waals surface area contributed by atoms with Crippen LogP contribution in [0.15, 0.2) is 79.4 Å². The van der Waals surface area contributed by atoms with E-state index in [9.17, 15) is 0 Å². The van der Waals surface area contributed by atoms with Crippen LogP contribution in [0, 0.1) is 0 Å². The van der Waals surface area contributed by atoms with Crippen molar-refractivity contribution in [2.75, 3.05) is 0 Å². The lowest BCUT2D eigenvalue weighted by atomic mass is 9.99. The maximum atomic E-state index is 4.71. The molecule has 0 unspecified atom stereocenters. The third kappa shape index (κ3) is 1.89. The Kier molecular flexibility index (Phi) is 2.91. The molecule has 31 heavy (non-hydrogen) atoms. The first-order valence-electron chi connectivity index (χ1n) is 10.2. The first-order valence-corrected chi connectivity index (χ1v) is 11.8. The summed E-state index contributed by atoms with van der Waals surface area (Å²) in [5, 5.41) is 9.03. The molecule has 0 saturated heterocycles. The van der Waals surface area contributed by atoms with Crippen molar-refractivity contribution in [3.05, 3.63) is 79.4 Å². The fourth-order valence-electron chi connectivity index (χ4n) is 5.10. The van der Waals surface area contributed by atoms with Crippen LogP contribution >= 0.6 is 22.7 Å². The molecular weight excluding hydrogens is 418 g/mol. The Balaban J connectivity index is 1.88. The van der Waals surface area contributed by atoms with Crippen LogP contribution in [0.25, 0.3) is 67.7 Å². The number of aromatic nitrogens is 3. The second-order valence-corrected chi connectivity index (χ2v) is 9.97. The van der Waals surface area contributed by atoms with Gasteiger partial charge < -0.3 is 0 Å². The van der Waals surface area contributed by atoms with Crippen LogP contribution in [-0.4, -0.2) is 14.4 Å². The molecule has 5 heteroatoms. The van der Waals surface area contributed by atoms with Gasteiger partial charge in [-0.25, -0.2) is 4.98 Å². The van der Waals surface area contributed by atoms with E-state index in [1.807, 2.05) is 41.3 Å². The Bertz CT molecular complexity index is 2010. The van der Waals surface area contributed by atoms with E-state index in [1.54, 1.807) is 0 Å². The summed E-state index contributed by atoms with van der Waals surface area (Å²) in [5.74, 6) is 0. The van der Waals surface area contributed by atoms with Crippen molar-refractivity contribution in [3.63, 3.8) is 0 Å². The number of hydrogen-bond acceptors (Lipinski definition) is 4. The van der Waals surface area contributed by atoms with Crippen molar-refractivity contribution in [1.82, 2.24) is 14.4 Å². The van der Waals surface area contributed by atoms with Crippen LogP contribution in [0.1, 0.15) is 0 Å². The molecule has 3 aromatic carbocycles. The summed E-state index contributed by atoms with van der Waals surface area (Å²) in [6.07, 6.45) is 7.84. The van der Waals surface area contributed by atoms with Crippen molar-refractivity contribution < 1.29 is 0 Å². The zero-order valence-electron chi connectivity index (χ0n) is 16.2. The van der Waals surface area contributed by atoms with Crippen LogP contribution in [0.4, 0.5) is 0 Å². The zero-order chi connectivity index (χ0) is 20.1. The van der Waals surface area contributed by atoms with E-state index >= 15 is 0 Å². The van der Waals surface area contributed by atoms with Crippen LogP contribution < -0.4 is 0 Å². The summed E-state index contributed by atoms with van der Waals surface area (Å²) in [4.78, 5) is 9.13. The smallest absolute Gasteiger partial charge is 0.146 e. The Morgan fingerprint density at radius 3 is 2.16 bits per heavy atom. The van der Waals surface area contributed by atoms with Gasteiger partial charge in [-0.3, -0.25) is 9.38 Å². The summed E-state index contributed by atoms with van der Waals surface area (Å²) >= 11 is 3.78. The molecule has 5 aromatic heterocycles. The summed E-state index contributed by atoms with van der Waals surface area (Å²) in [5.41, 5.74) is 2.22. The lowest BCUT2D eigenvalue weighted by Gasteiger charge is -2.11. The van der Waals surface area contributed by atoms with Gasteiger partial charge in [0.2, 0.25) is 0 Å². The molecule has 0 saturated carbocycles. The molecule has 0 N–H and O–H groups in total. The van der Waals surface area contributed by atoms with Crippen LogP contribution in [-0.2, 0) is 0 Å². The molecule has 3 nitrogen and oxygen atoms in total. The fourth-order valence-corrected chi connectivity index (χ4v) is 7.63. The number of benzene rings is 3. The predicted octanol–water partition coefficient (Wildman–Crippen LogP) is 7.77. The van der Waals surface area contributed by atoms with Crippen LogP contribution in [0.2, 0.25) is 0 Å². The van der Waals surface area contributed by atoms with Gasteiger partial charge in [-0.05, 0) is 23.6 Å². The molecule has 0 radical (unpaired) electrons. The number of nitrogens with zero attached hydrogens (tertiary/aromatic N) is 3. The zero-order valence-corrected chi connectivity index (χ0v) is 17.8. The average molecular weight is 432 g/mol. The summed E-state index contributed by atoms with van der Waals surface area (Å²) in [7, 11) is 0. The van der Waals surface area contributed by atoms with Crippen molar-refractivity contribution in [2.45, 2.75) is 0 Å². The van der Waals surface area contributed by atoms with E-state index in [0.29, 0.717) is 0 Å². The first kappa shape index (κ1) is 16.2. The molecule has 0 amide bonds. The van der Waals surface area contributed by atoms with Gasteiger partial charge in [0.05, 0.1) is 10.2 Å². The number of pyridine rings is 2.